The predicted molar refractivity (Wildman–Crippen MR) is 68.4 cm³/mol. The molecule has 0 unspecified atom stereocenters. The molecular formula is C11H15N3O3S. The molecule has 1 fully saturated rings. The second-order valence-corrected chi connectivity index (χ2v) is 5.38. The number of amides is 1. The van der Waals surface area contributed by atoms with Crippen molar-refractivity contribution in [2.75, 3.05) is 37.3 Å². The Kier molecular flexibility index (Phi) is 3.93. The van der Waals surface area contributed by atoms with Crippen LogP contribution >= 0.6 is 0 Å². The van der Waals surface area contributed by atoms with E-state index in [2.05, 4.69) is 4.98 Å². The van der Waals surface area contributed by atoms with Crippen molar-refractivity contribution in [2.24, 2.45) is 0 Å². The number of hydrogen-bond acceptors (Lipinski definition) is 4. The van der Waals surface area contributed by atoms with Gasteiger partial charge in [-0.1, -0.05) is 0 Å². The van der Waals surface area contributed by atoms with Gasteiger partial charge in [0.05, 0.1) is 0 Å². The van der Waals surface area contributed by atoms with E-state index in [1.807, 2.05) is 4.90 Å². The van der Waals surface area contributed by atoms with Gasteiger partial charge in [-0.3, -0.25) is 0 Å². The highest BCUT2D eigenvalue weighted by Gasteiger charge is 2.25. The van der Waals surface area contributed by atoms with E-state index in [-0.39, 0.29) is 0 Å². The molecule has 0 bridgehead atoms. The molecule has 1 amide bonds. The second-order valence-electron chi connectivity index (χ2n) is 4.04. The Bertz CT molecular complexity index is 433. The monoisotopic (exact) mass is 269 g/mol. The van der Waals surface area contributed by atoms with Crippen LogP contribution in [0.15, 0.2) is 23.2 Å². The Hall–Kier alpha value is -1.47. The molecule has 2 rings (SSSR count). The smallest absolute Gasteiger partial charge is 0.407 e. The minimum atomic E-state index is -1.09. The van der Waals surface area contributed by atoms with Crippen LogP contribution in [0.5, 0.6) is 0 Å². The summed E-state index contributed by atoms with van der Waals surface area (Å²) in [4.78, 5) is 19.1. The van der Waals surface area contributed by atoms with Crippen LogP contribution in [-0.4, -0.2) is 58.1 Å². The van der Waals surface area contributed by atoms with Crippen LogP contribution in [0.25, 0.3) is 0 Å². The fraction of sp³-hybridized carbons (Fsp3) is 0.455. The minimum absolute atomic E-state index is 0.446. The molecule has 1 N–H and O–H groups in total. The highest BCUT2D eigenvalue weighted by atomic mass is 32.2. The van der Waals surface area contributed by atoms with Crippen LogP contribution in [0.1, 0.15) is 0 Å². The lowest BCUT2D eigenvalue weighted by atomic mass is 10.3. The van der Waals surface area contributed by atoms with E-state index in [9.17, 15) is 9.35 Å². The molecular weight excluding hydrogens is 254 g/mol. The van der Waals surface area contributed by atoms with Crippen molar-refractivity contribution in [1.82, 2.24) is 9.88 Å². The van der Waals surface area contributed by atoms with Crippen molar-refractivity contribution >= 4 is 23.1 Å². The Balaban J connectivity index is 2.12. The van der Waals surface area contributed by atoms with Crippen LogP contribution < -0.4 is 4.90 Å². The predicted octanol–water partition coefficient (Wildman–Crippen LogP) is 0.619. The zero-order chi connectivity index (χ0) is 13.1. The van der Waals surface area contributed by atoms with E-state index < -0.39 is 17.3 Å². The van der Waals surface area contributed by atoms with E-state index in [4.69, 9.17) is 5.11 Å². The summed E-state index contributed by atoms with van der Waals surface area (Å²) in [5.41, 5.74) is 0. The number of carboxylic acid groups (broad SMARTS) is 1. The Morgan fingerprint density at radius 1 is 1.44 bits per heavy atom. The first kappa shape index (κ1) is 13.0. The molecule has 0 spiro atoms. The minimum Gasteiger partial charge on any atom is -0.612 e. The quantitative estimate of drug-likeness (QED) is 0.796. The molecule has 7 heteroatoms. The van der Waals surface area contributed by atoms with Gasteiger partial charge in [0.25, 0.3) is 0 Å². The van der Waals surface area contributed by atoms with Gasteiger partial charge >= 0.3 is 6.09 Å². The topological polar surface area (TPSA) is 79.7 Å². The molecule has 1 saturated heterocycles. The highest BCUT2D eigenvalue weighted by Crippen LogP contribution is 2.23. The van der Waals surface area contributed by atoms with Crippen LogP contribution in [0.2, 0.25) is 0 Å². The third-order valence-electron chi connectivity index (χ3n) is 2.91. The number of nitrogens with zero attached hydrogens (tertiary/aromatic N) is 3. The van der Waals surface area contributed by atoms with Gasteiger partial charge in [-0.25, -0.2) is 9.78 Å². The summed E-state index contributed by atoms with van der Waals surface area (Å²) in [6.45, 7) is 2.05. The molecule has 98 valence electrons. The van der Waals surface area contributed by atoms with Crippen molar-refractivity contribution in [3.8, 4) is 0 Å². The molecule has 0 saturated carbocycles. The molecule has 0 radical (unpaired) electrons. The number of pyridine rings is 1. The third-order valence-corrected chi connectivity index (χ3v) is 3.85. The molecule has 2 heterocycles. The van der Waals surface area contributed by atoms with E-state index in [1.165, 1.54) is 4.90 Å². The van der Waals surface area contributed by atoms with Crippen molar-refractivity contribution in [1.29, 1.82) is 0 Å². The van der Waals surface area contributed by atoms with Gasteiger partial charge in [-0.2, -0.15) is 0 Å². The second kappa shape index (κ2) is 5.45. The molecule has 1 aromatic rings. The highest BCUT2D eigenvalue weighted by molar-refractivity contribution is 7.90. The average Bonchev–Trinajstić information content (AvgIpc) is 2.39. The first-order chi connectivity index (χ1) is 8.59. The van der Waals surface area contributed by atoms with Gasteiger partial charge in [0.15, 0.2) is 10.7 Å². The lowest BCUT2D eigenvalue weighted by Gasteiger charge is -2.34. The van der Waals surface area contributed by atoms with Gasteiger partial charge in [0.2, 0.25) is 0 Å². The Morgan fingerprint density at radius 2 is 2.11 bits per heavy atom. The fourth-order valence-electron chi connectivity index (χ4n) is 1.95. The molecule has 1 aliphatic heterocycles. The first-order valence-electron chi connectivity index (χ1n) is 5.61. The number of aromatic nitrogens is 1. The van der Waals surface area contributed by atoms with E-state index in [0.29, 0.717) is 36.9 Å². The van der Waals surface area contributed by atoms with Gasteiger partial charge < -0.3 is 19.5 Å². The molecule has 0 aliphatic carbocycles. The third kappa shape index (κ3) is 2.68. The van der Waals surface area contributed by atoms with Crippen LogP contribution in [0.3, 0.4) is 0 Å². The Labute approximate surface area is 108 Å². The molecule has 1 aliphatic rings. The molecule has 6 nitrogen and oxygen atoms in total. The lowest BCUT2D eigenvalue weighted by molar-refractivity contribution is 0.142. The zero-order valence-corrected chi connectivity index (χ0v) is 10.9. The van der Waals surface area contributed by atoms with E-state index >= 15 is 0 Å². The normalized spacial score (nSPS) is 17.7. The van der Waals surface area contributed by atoms with Crippen molar-refractivity contribution in [3.63, 3.8) is 0 Å². The van der Waals surface area contributed by atoms with Crippen molar-refractivity contribution < 1.29 is 14.5 Å². The lowest BCUT2D eigenvalue weighted by Crippen LogP contribution is -2.48. The fourth-order valence-corrected chi connectivity index (χ4v) is 2.66. The molecule has 1 aromatic heterocycles. The largest absolute Gasteiger partial charge is 0.612 e. The van der Waals surface area contributed by atoms with Crippen LogP contribution in [-0.2, 0) is 11.2 Å². The Morgan fingerprint density at radius 3 is 2.67 bits per heavy atom. The van der Waals surface area contributed by atoms with E-state index in [0.717, 1.165) is 0 Å². The van der Waals surface area contributed by atoms with Gasteiger partial charge in [-0.05, 0) is 23.3 Å². The molecule has 1 atom stereocenters. The molecule has 0 aromatic carbocycles. The first-order valence-corrected chi connectivity index (χ1v) is 7.16. The van der Waals surface area contributed by atoms with Crippen molar-refractivity contribution in [2.45, 2.75) is 4.90 Å². The summed E-state index contributed by atoms with van der Waals surface area (Å²) in [6, 6.07) is 3.55. The summed E-state index contributed by atoms with van der Waals surface area (Å²) < 4.78 is 11.6. The zero-order valence-electron chi connectivity index (χ0n) is 10.1. The van der Waals surface area contributed by atoms with Crippen molar-refractivity contribution in [3.05, 3.63) is 18.3 Å². The molecule has 18 heavy (non-hydrogen) atoms. The number of anilines is 1. The number of carbonyl (C=O) groups is 1. The summed E-state index contributed by atoms with van der Waals surface area (Å²) in [6.07, 6.45) is 2.39. The standard InChI is InChI=1S/C11H15N3O3S/c1-18(17)9-3-2-4-12-10(9)13-5-7-14(8-6-13)11(15)16/h2-4H,5-8H2,1H3,(H,15,16)/t18-/m0/s1. The maximum absolute atomic E-state index is 11.6. The summed E-state index contributed by atoms with van der Waals surface area (Å²) >= 11 is -1.09. The van der Waals surface area contributed by atoms with Gasteiger partial charge in [-0.15, -0.1) is 0 Å². The maximum atomic E-state index is 11.6. The summed E-state index contributed by atoms with van der Waals surface area (Å²) in [7, 11) is 0. The SMILES string of the molecule is C[S@+]([O-])c1cccnc1N1CCN(C(=O)O)CC1. The van der Waals surface area contributed by atoms with Gasteiger partial charge in [0.1, 0.15) is 6.26 Å². The van der Waals surface area contributed by atoms with Gasteiger partial charge in [0, 0.05) is 32.4 Å². The number of rotatable bonds is 2. The van der Waals surface area contributed by atoms with Crippen LogP contribution in [0.4, 0.5) is 10.6 Å². The average molecular weight is 269 g/mol. The summed E-state index contributed by atoms with van der Waals surface area (Å²) in [5.74, 6) is 0.698. The number of hydrogen-bond donors (Lipinski definition) is 1. The number of piperazine rings is 1. The summed E-state index contributed by atoms with van der Waals surface area (Å²) in [5, 5.41) is 8.88. The van der Waals surface area contributed by atoms with E-state index in [1.54, 1.807) is 24.6 Å². The maximum Gasteiger partial charge on any atom is 0.407 e. The van der Waals surface area contributed by atoms with Crippen LogP contribution in [0, 0.1) is 0 Å².